The van der Waals surface area contributed by atoms with Gasteiger partial charge in [0.15, 0.2) is 16.7 Å². The number of rotatable bonds is 6. The van der Waals surface area contributed by atoms with E-state index in [1.54, 1.807) is 17.0 Å². The van der Waals surface area contributed by atoms with E-state index in [4.69, 9.17) is 14.2 Å². The predicted molar refractivity (Wildman–Crippen MR) is 129 cm³/mol. The third-order valence-electron chi connectivity index (χ3n) is 5.96. The highest BCUT2D eigenvalue weighted by Gasteiger charge is 2.37. The van der Waals surface area contributed by atoms with Gasteiger partial charge in [0.25, 0.3) is 0 Å². The van der Waals surface area contributed by atoms with Crippen LogP contribution in [0.1, 0.15) is 12.8 Å². The standard InChI is InChI=1S/C24H27N3O6S/c1-31-17-12-15(13-18(32-2)20(17)33-3)25-22(28)14-8-10-27(11-9-14)24(30)21-23(29)26-16-6-4-5-7-19(16)34-21/h4-7,12-14,21H,8-11H2,1-3H3,(H,25,28)(H,26,29)/t21-/m1/s1. The number of nitrogens with zero attached hydrogens (tertiary/aromatic N) is 1. The molecule has 10 heteroatoms. The maximum atomic E-state index is 13.0. The summed E-state index contributed by atoms with van der Waals surface area (Å²) >= 11 is 1.27. The van der Waals surface area contributed by atoms with Gasteiger partial charge in [-0.3, -0.25) is 14.4 Å². The second-order valence-corrected chi connectivity index (χ2v) is 9.13. The molecule has 2 aromatic rings. The molecule has 3 amide bonds. The number of ether oxygens (including phenoxy) is 3. The van der Waals surface area contributed by atoms with Crippen LogP contribution in [0, 0.1) is 5.92 Å². The molecule has 9 nitrogen and oxygen atoms in total. The van der Waals surface area contributed by atoms with E-state index in [-0.39, 0.29) is 23.6 Å². The lowest BCUT2D eigenvalue weighted by molar-refractivity contribution is -0.136. The summed E-state index contributed by atoms with van der Waals surface area (Å²) in [7, 11) is 4.54. The smallest absolute Gasteiger partial charge is 0.247 e. The number of amides is 3. The van der Waals surface area contributed by atoms with E-state index in [1.807, 2.05) is 24.3 Å². The number of carbonyl (C=O) groups is 3. The van der Waals surface area contributed by atoms with Crippen molar-refractivity contribution in [1.29, 1.82) is 0 Å². The number of para-hydroxylation sites is 1. The molecular formula is C24H27N3O6S. The van der Waals surface area contributed by atoms with Crippen molar-refractivity contribution in [3.63, 3.8) is 0 Å². The zero-order chi connectivity index (χ0) is 24.2. The number of fused-ring (bicyclic) bond motifs is 1. The minimum absolute atomic E-state index is 0.139. The van der Waals surface area contributed by atoms with Crippen molar-refractivity contribution in [2.75, 3.05) is 45.1 Å². The molecule has 1 atom stereocenters. The first-order valence-corrected chi connectivity index (χ1v) is 11.8. The Morgan fingerprint density at radius 3 is 2.29 bits per heavy atom. The van der Waals surface area contributed by atoms with E-state index >= 15 is 0 Å². The monoisotopic (exact) mass is 485 g/mol. The van der Waals surface area contributed by atoms with Gasteiger partial charge in [-0.1, -0.05) is 12.1 Å². The molecule has 0 saturated carbocycles. The Bertz CT molecular complexity index is 1070. The number of methoxy groups -OCH3 is 3. The van der Waals surface area contributed by atoms with Crippen LogP contribution >= 0.6 is 11.8 Å². The van der Waals surface area contributed by atoms with Crippen molar-refractivity contribution in [2.45, 2.75) is 23.0 Å². The molecule has 0 unspecified atom stereocenters. The summed E-state index contributed by atoms with van der Waals surface area (Å²) in [5.41, 5.74) is 1.26. The number of nitrogens with one attached hydrogen (secondary N) is 2. The highest BCUT2D eigenvalue weighted by atomic mass is 32.2. The van der Waals surface area contributed by atoms with Crippen molar-refractivity contribution in [2.24, 2.45) is 5.92 Å². The van der Waals surface area contributed by atoms with Crippen molar-refractivity contribution < 1.29 is 28.6 Å². The van der Waals surface area contributed by atoms with Crippen LogP contribution in [-0.2, 0) is 14.4 Å². The molecule has 2 heterocycles. The number of hydrogen-bond donors (Lipinski definition) is 2. The summed E-state index contributed by atoms with van der Waals surface area (Å²) in [5, 5.41) is 4.90. The lowest BCUT2D eigenvalue weighted by atomic mass is 9.95. The molecule has 0 spiro atoms. The van der Waals surface area contributed by atoms with Crippen molar-refractivity contribution >= 4 is 40.9 Å². The van der Waals surface area contributed by atoms with Crippen LogP contribution in [0.2, 0.25) is 0 Å². The number of benzene rings is 2. The summed E-state index contributed by atoms with van der Waals surface area (Å²) in [6.45, 7) is 0.830. The highest BCUT2D eigenvalue weighted by molar-refractivity contribution is 8.01. The van der Waals surface area contributed by atoms with Gasteiger partial charge in [-0.15, -0.1) is 11.8 Å². The molecule has 1 fully saturated rings. The van der Waals surface area contributed by atoms with E-state index in [9.17, 15) is 14.4 Å². The Morgan fingerprint density at radius 2 is 1.68 bits per heavy atom. The minimum Gasteiger partial charge on any atom is -0.493 e. The first-order chi connectivity index (χ1) is 16.4. The molecule has 0 radical (unpaired) electrons. The quantitative estimate of drug-likeness (QED) is 0.606. The molecular weight excluding hydrogens is 458 g/mol. The fourth-order valence-electron chi connectivity index (χ4n) is 4.14. The normalized spacial score (nSPS) is 17.9. The Morgan fingerprint density at radius 1 is 1.03 bits per heavy atom. The minimum atomic E-state index is -0.820. The number of thioether (sulfide) groups is 1. The molecule has 2 aliphatic rings. The van der Waals surface area contributed by atoms with E-state index < -0.39 is 5.25 Å². The fraction of sp³-hybridized carbons (Fsp3) is 0.375. The summed E-state index contributed by atoms with van der Waals surface area (Å²) in [6.07, 6.45) is 1.02. The second kappa shape index (κ2) is 10.3. The molecule has 0 bridgehead atoms. The van der Waals surface area contributed by atoms with E-state index in [0.717, 1.165) is 10.6 Å². The number of carbonyl (C=O) groups excluding carboxylic acids is 3. The average molecular weight is 486 g/mol. The number of anilines is 2. The van der Waals surface area contributed by atoms with E-state index in [2.05, 4.69) is 10.6 Å². The molecule has 4 rings (SSSR count). The Kier molecular flexibility index (Phi) is 7.16. The van der Waals surface area contributed by atoms with Crippen LogP contribution in [0.15, 0.2) is 41.3 Å². The summed E-state index contributed by atoms with van der Waals surface area (Å²) < 4.78 is 16.0. The van der Waals surface area contributed by atoms with Crippen LogP contribution in [0.3, 0.4) is 0 Å². The maximum absolute atomic E-state index is 13.0. The lowest BCUT2D eigenvalue weighted by Gasteiger charge is -2.34. The first kappa shape index (κ1) is 23.7. The van der Waals surface area contributed by atoms with Gasteiger partial charge in [0.2, 0.25) is 23.5 Å². The molecule has 1 saturated heterocycles. The van der Waals surface area contributed by atoms with Gasteiger partial charge in [-0.25, -0.2) is 0 Å². The van der Waals surface area contributed by atoms with Crippen LogP contribution in [-0.4, -0.2) is 62.3 Å². The Labute approximate surface area is 202 Å². The van der Waals surface area contributed by atoms with Gasteiger partial charge < -0.3 is 29.7 Å². The number of likely N-dealkylation sites (tertiary alicyclic amines) is 1. The SMILES string of the molecule is COc1cc(NC(=O)C2CCN(C(=O)[C@@H]3Sc4ccccc4NC3=O)CC2)cc(OC)c1OC. The topological polar surface area (TPSA) is 106 Å². The van der Waals surface area contributed by atoms with Crippen LogP contribution < -0.4 is 24.8 Å². The third kappa shape index (κ3) is 4.77. The van der Waals surface area contributed by atoms with Gasteiger partial charge >= 0.3 is 0 Å². The van der Waals surface area contributed by atoms with Crippen molar-refractivity contribution in [3.8, 4) is 17.2 Å². The highest BCUT2D eigenvalue weighted by Crippen LogP contribution is 2.40. The maximum Gasteiger partial charge on any atom is 0.247 e. The number of hydrogen-bond acceptors (Lipinski definition) is 7. The zero-order valence-corrected chi connectivity index (χ0v) is 20.1. The zero-order valence-electron chi connectivity index (χ0n) is 19.3. The van der Waals surface area contributed by atoms with Gasteiger partial charge in [0.1, 0.15) is 0 Å². The Hall–Kier alpha value is -3.40. The van der Waals surface area contributed by atoms with Crippen molar-refractivity contribution in [1.82, 2.24) is 4.90 Å². The Balaban J connectivity index is 1.36. The molecule has 2 aliphatic heterocycles. The average Bonchev–Trinajstić information content (AvgIpc) is 2.87. The van der Waals surface area contributed by atoms with Crippen LogP contribution in [0.5, 0.6) is 17.2 Å². The van der Waals surface area contributed by atoms with E-state index in [1.165, 1.54) is 33.1 Å². The lowest BCUT2D eigenvalue weighted by Crippen LogP contribution is -2.48. The molecule has 0 aliphatic carbocycles. The van der Waals surface area contributed by atoms with Gasteiger partial charge in [0.05, 0.1) is 27.0 Å². The molecule has 2 aromatic carbocycles. The van der Waals surface area contributed by atoms with Gasteiger partial charge in [0, 0.05) is 41.7 Å². The van der Waals surface area contributed by atoms with Gasteiger partial charge in [-0.05, 0) is 25.0 Å². The predicted octanol–water partition coefficient (Wildman–Crippen LogP) is 3.00. The van der Waals surface area contributed by atoms with Crippen LogP contribution in [0.4, 0.5) is 11.4 Å². The summed E-state index contributed by atoms with van der Waals surface area (Å²) in [4.78, 5) is 41.0. The summed E-state index contributed by atoms with van der Waals surface area (Å²) in [5.74, 6) is 0.417. The largest absolute Gasteiger partial charge is 0.493 e. The third-order valence-corrected chi connectivity index (χ3v) is 7.22. The van der Waals surface area contributed by atoms with Crippen LogP contribution in [0.25, 0.3) is 0 Å². The van der Waals surface area contributed by atoms with E-state index in [0.29, 0.717) is 48.9 Å². The fourth-order valence-corrected chi connectivity index (χ4v) is 5.21. The number of piperidine rings is 1. The van der Waals surface area contributed by atoms with Gasteiger partial charge in [-0.2, -0.15) is 0 Å². The second-order valence-electron chi connectivity index (χ2n) is 7.99. The molecule has 180 valence electrons. The molecule has 34 heavy (non-hydrogen) atoms. The molecule has 0 aromatic heterocycles. The molecule has 2 N–H and O–H groups in total. The summed E-state index contributed by atoms with van der Waals surface area (Å²) in [6, 6.07) is 10.8. The first-order valence-electron chi connectivity index (χ1n) is 10.9. The van der Waals surface area contributed by atoms with Crippen molar-refractivity contribution in [3.05, 3.63) is 36.4 Å².